The third-order valence-corrected chi connectivity index (χ3v) is 5.53. The first-order valence-corrected chi connectivity index (χ1v) is 10.9. The topological polar surface area (TPSA) is 70.7 Å². The van der Waals surface area contributed by atoms with Crippen LogP contribution in [0.15, 0.2) is 42.5 Å². The Morgan fingerprint density at radius 2 is 1.80 bits per heavy atom. The number of unbranched alkanes of at least 4 members (excludes halogenated alkanes) is 1. The van der Waals surface area contributed by atoms with Gasteiger partial charge in [0.1, 0.15) is 5.75 Å². The molecule has 0 spiro atoms. The largest absolute Gasteiger partial charge is 0.494 e. The summed E-state index contributed by atoms with van der Waals surface area (Å²) in [5.41, 5.74) is 3.53. The second kappa shape index (κ2) is 9.20. The molecule has 0 radical (unpaired) electrons. The summed E-state index contributed by atoms with van der Waals surface area (Å²) in [6.07, 6.45) is 6.01. The third kappa shape index (κ3) is 4.93. The number of carbonyl (C=O) groups excluding carboxylic acids is 2. The molecule has 0 atom stereocenters. The summed E-state index contributed by atoms with van der Waals surface area (Å²) in [5.74, 6) is 1.26. The number of hydrogen-bond acceptors (Lipinski definition) is 3. The van der Waals surface area contributed by atoms with Crippen molar-refractivity contribution in [2.75, 3.05) is 28.7 Å². The van der Waals surface area contributed by atoms with Crippen molar-refractivity contribution in [1.82, 2.24) is 0 Å². The van der Waals surface area contributed by atoms with Gasteiger partial charge in [-0.15, -0.1) is 0 Å². The van der Waals surface area contributed by atoms with Crippen molar-refractivity contribution in [3.63, 3.8) is 0 Å². The number of benzene rings is 2. The van der Waals surface area contributed by atoms with Crippen molar-refractivity contribution in [2.24, 2.45) is 5.92 Å². The fraction of sp³-hybridized carbons (Fsp3) is 0.417. The van der Waals surface area contributed by atoms with Crippen LogP contribution in [-0.4, -0.2) is 25.1 Å². The minimum atomic E-state index is -0.295. The summed E-state index contributed by atoms with van der Waals surface area (Å²) in [4.78, 5) is 26.8. The first-order valence-electron chi connectivity index (χ1n) is 10.9. The van der Waals surface area contributed by atoms with Crippen LogP contribution in [-0.2, 0) is 11.2 Å². The molecule has 30 heavy (non-hydrogen) atoms. The van der Waals surface area contributed by atoms with Gasteiger partial charge in [0.15, 0.2) is 0 Å². The van der Waals surface area contributed by atoms with Crippen molar-refractivity contribution in [1.29, 1.82) is 0 Å². The number of nitrogens with one attached hydrogen (secondary N) is 2. The minimum Gasteiger partial charge on any atom is -0.494 e. The molecule has 0 bridgehead atoms. The van der Waals surface area contributed by atoms with Crippen LogP contribution in [0, 0.1) is 5.92 Å². The average Bonchev–Trinajstić information content (AvgIpc) is 3.59. The number of rotatable bonds is 7. The molecule has 1 heterocycles. The van der Waals surface area contributed by atoms with Crippen LogP contribution in [0.1, 0.15) is 44.6 Å². The number of ether oxygens (including phenoxy) is 1. The lowest BCUT2D eigenvalue weighted by Crippen LogP contribution is -2.36. The van der Waals surface area contributed by atoms with E-state index in [4.69, 9.17) is 4.74 Å². The maximum atomic E-state index is 12.5. The Labute approximate surface area is 177 Å². The van der Waals surface area contributed by atoms with E-state index in [9.17, 15) is 9.59 Å². The summed E-state index contributed by atoms with van der Waals surface area (Å²) in [5, 5.41) is 5.74. The number of aryl methyl sites for hydroxylation is 1. The highest BCUT2D eigenvalue weighted by molar-refractivity contribution is 6.01. The molecule has 6 nitrogen and oxygen atoms in total. The van der Waals surface area contributed by atoms with Gasteiger partial charge in [0.2, 0.25) is 5.91 Å². The quantitative estimate of drug-likeness (QED) is 0.620. The predicted octanol–water partition coefficient (Wildman–Crippen LogP) is 5.20. The van der Waals surface area contributed by atoms with Crippen molar-refractivity contribution in [3.8, 4) is 5.75 Å². The lowest BCUT2D eigenvalue weighted by molar-refractivity contribution is -0.119. The Hall–Kier alpha value is -3.02. The molecule has 6 heteroatoms. The third-order valence-electron chi connectivity index (χ3n) is 5.53. The van der Waals surface area contributed by atoms with Gasteiger partial charge in [-0.05, 0) is 80.1 Å². The molecule has 2 aromatic carbocycles. The maximum absolute atomic E-state index is 12.5. The average molecular weight is 408 g/mol. The number of amides is 3. The van der Waals surface area contributed by atoms with Gasteiger partial charge < -0.3 is 20.3 Å². The van der Waals surface area contributed by atoms with Gasteiger partial charge in [0.05, 0.1) is 6.61 Å². The minimum absolute atomic E-state index is 0.211. The molecule has 1 aliphatic carbocycles. The zero-order chi connectivity index (χ0) is 20.9. The van der Waals surface area contributed by atoms with Crippen LogP contribution in [0.3, 0.4) is 0 Å². The van der Waals surface area contributed by atoms with E-state index in [1.807, 2.05) is 47.4 Å². The normalized spacial score (nSPS) is 15.3. The van der Waals surface area contributed by atoms with Crippen LogP contribution < -0.4 is 20.3 Å². The maximum Gasteiger partial charge on any atom is 0.323 e. The molecule has 1 saturated carbocycles. The summed E-state index contributed by atoms with van der Waals surface area (Å²) < 4.78 is 5.64. The Balaban J connectivity index is 1.35. The zero-order valence-corrected chi connectivity index (χ0v) is 17.4. The molecule has 2 N–H and O–H groups in total. The number of nitrogens with zero attached hydrogens (tertiary/aromatic N) is 1. The van der Waals surface area contributed by atoms with Gasteiger partial charge in [-0.2, -0.15) is 0 Å². The standard InChI is InChI=1S/C24H29N3O3/c1-2-3-15-30-21-11-8-19(9-12-21)25-24(29)26-20-10-13-22-18(16-20)5-4-14-27(22)23(28)17-6-7-17/h8-13,16-17H,2-7,14-15H2,1H3,(H2,25,26,29). The Morgan fingerprint density at radius 1 is 1.07 bits per heavy atom. The van der Waals surface area contributed by atoms with E-state index in [-0.39, 0.29) is 17.9 Å². The lowest BCUT2D eigenvalue weighted by atomic mass is 10.0. The van der Waals surface area contributed by atoms with Gasteiger partial charge in [-0.25, -0.2) is 4.79 Å². The number of anilines is 3. The Kier molecular flexibility index (Phi) is 6.21. The molecule has 3 amide bonds. The number of carbonyl (C=O) groups is 2. The highest BCUT2D eigenvalue weighted by atomic mass is 16.5. The fourth-order valence-corrected chi connectivity index (χ4v) is 3.72. The number of urea groups is 1. The van der Waals surface area contributed by atoms with Crippen molar-refractivity contribution in [3.05, 3.63) is 48.0 Å². The van der Waals surface area contributed by atoms with E-state index >= 15 is 0 Å². The van der Waals surface area contributed by atoms with Crippen molar-refractivity contribution < 1.29 is 14.3 Å². The molecule has 0 saturated heterocycles. The first-order chi connectivity index (χ1) is 14.6. The van der Waals surface area contributed by atoms with Gasteiger partial charge in [0, 0.05) is 29.5 Å². The molecular weight excluding hydrogens is 378 g/mol. The van der Waals surface area contributed by atoms with E-state index in [0.29, 0.717) is 12.3 Å². The number of fused-ring (bicyclic) bond motifs is 1. The second-order valence-corrected chi connectivity index (χ2v) is 8.02. The summed E-state index contributed by atoms with van der Waals surface area (Å²) in [7, 11) is 0. The summed E-state index contributed by atoms with van der Waals surface area (Å²) in [6, 6.07) is 12.9. The number of hydrogen-bond donors (Lipinski definition) is 2. The van der Waals surface area contributed by atoms with Crippen LogP contribution in [0.2, 0.25) is 0 Å². The summed E-state index contributed by atoms with van der Waals surface area (Å²) >= 11 is 0. The molecule has 4 rings (SSSR count). The van der Waals surface area contributed by atoms with E-state index in [1.165, 1.54) is 0 Å². The lowest BCUT2D eigenvalue weighted by Gasteiger charge is -2.30. The molecule has 0 aromatic heterocycles. The van der Waals surface area contributed by atoms with E-state index in [2.05, 4.69) is 17.6 Å². The van der Waals surface area contributed by atoms with E-state index < -0.39 is 0 Å². The van der Waals surface area contributed by atoms with Crippen LogP contribution >= 0.6 is 0 Å². The molecule has 0 unspecified atom stereocenters. The van der Waals surface area contributed by atoms with Crippen LogP contribution in [0.4, 0.5) is 21.9 Å². The molecule has 2 aromatic rings. The Bertz CT molecular complexity index is 906. The van der Waals surface area contributed by atoms with Crippen molar-refractivity contribution in [2.45, 2.75) is 45.4 Å². The van der Waals surface area contributed by atoms with E-state index in [1.54, 1.807) is 0 Å². The molecule has 2 aliphatic rings. The van der Waals surface area contributed by atoms with E-state index in [0.717, 1.165) is 67.8 Å². The van der Waals surface area contributed by atoms with Gasteiger partial charge >= 0.3 is 6.03 Å². The SMILES string of the molecule is CCCCOc1ccc(NC(=O)Nc2ccc3c(c2)CCCN3C(=O)C2CC2)cc1. The monoisotopic (exact) mass is 407 g/mol. The van der Waals surface area contributed by atoms with Gasteiger partial charge in [-0.3, -0.25) is 4.79 Å². The van der Waals surface area contributed by atoms with Crippen molar-refractivity contribution >= 4 is 29.0 Å². The van der Waals surface area contributed by atoms with Gasteiger partial charge in [0.25, 0.3) is 0 Å². The predicted molar refractivity (Wildman–Crippen MR) is 119 cm³/mol. The molecule has 1 fully saturated rings. The summed E-state index contributed by atoms with van der Waals surface area (Å²) in [6.45, 7) is 3.61. The Morgan fingerprint density at radius 3 is 2.53 bits per heavy atom. The molecule has 158 valence electrons. The van der Waals surface area contributed by atoms with Crippen LogP contribution in [0.5, 0.6) is 5.75 Å². The molecular formula is C24H29N3O3. The fourth-order valence-electron chi connectivity index (χ4n) is 3.72. The highest BCUT2D eigenvalue weighted by Gasteiger charge is 2.35. The smallest absolute Gasteiger partial charge is 0.323 e. The first kappa shape index (κ1) is 20.3. The van der Waals surface area contributed by atoms with Gasteiger partial charge in [-0.1, -0.05) is 13.3 Å². The second-order valence-electron chi connectivity index (χ2n) is 8.02. The molecule has 1 aliphatic heterocycles. The zero-order valence-electron chi connectivity index (χ0n) is 17.4. The highest BCUT2D eigenvalue weighted by Crippen LogP contribution is 2.36. The van der Waals surface area contributed by atoms with Crippen LogP contribution in [0.25, 0.3) is 0 Å².